The van der Waals surface area contributed by atoms with E-state index in [4.69, 9.17) is 4.52 Å². The van der Waals surface area contributed by atoms with E-state index in [-0.39, 0.29) is 0 Å². The van der Waals surface area contributed by atoms with E-state index in [0.717, 1.165) is 11.4 Å². The molecule has 5 nitrogen and oxygen atoms in total. The van der Waals surface area contributed by atoms with Crippen molar-refractivity contribution in [3.05, 3.63) is 59.5 Å². The van der Waals surface area contributed by atoms with Gasteiger partial charge in [-0.05, 0) is 31.5 Å². The SMILES string of the molecule is Cc1ccc(CNc2ncccc2-c2nc(C)no2)cc1. The Morgan fingerprint density at radius 3 is 2.62 bits per heavy atom. The van der Waals surface area contributed by atoms with Crippen molar-refractivity contribution in [3.8, 4) is 11.5 Å². The van der Waals surface area contributed by atoms with Crippen molar-refractivity contribution in [1.29, 1.82) is 0 Å². The van der Waals surface area contributed by atoms with Crippen molar-refractivity contribution in [3.63, 3.8) is 0 Å². The van der Waals surface area contributed by atoms with Crippen LogP contribution in [0.1, 0.15) is 17.0 Å². The van der Waals surface area contributed by atoms with Gasteiger partial charge in [-0.25, -0.2) is 4.98 Å². The highest BCUT2D eigenvalue weighted by Crippen LogP contribution is 2.24. The monoisotopic (exact) mass is 280 g/mol. The summed E-state index contributed by atoms with van der Waals surface area (Å²) in [6, 6.07) is 12.2. The van der Waals surface area contributed by atoms with E-state index in [1.54, 1.807) is 13.1 Å². The number of pyridine rings is 1. The third-order valence-electron chi connectivity index (χ3n) is 3.15. The van der Waals surface area contributed by atoms with Crippen molar-refractivity contribution in [2.45, 2.75) is 20.4 Å². The van der Waals surface area contributed by atoms with Gasteiger partial charge >= 0.3 is 0 Å². The number of anilines is 1. The highest BCUT2D eigenvalue weighted by Gasteiger charge is 2.12. The summed E-state index contributed by atoms with van der Waals surface area (Å²) in [7, 11) is 0. The Kier molecular flexibility index (Phi) is 3.64. The van der Waals surface area contributed by atoms with Crippen LogP contribution in [0.4, 0.5) is 5.82 Å². The van der Waals surface area contributed by atoms with Crippen LogP contribution in [0.2, 0.25) is 0 Å². The molecule has 0 aliphatic carbocycles. The number of aromatic nitrogens is 3. The molecule has 2 heterocycles. The van der Waals surface area contributed by atoms with Crippen LogP contribution in [-0.2, 0) is 6.54 Å². The fourth-order valence-corrected chi connectivity index (χ4v) is 2.02. The Bertz CT molecular complexity index is 734. The third kappa shape index (κ3) is 3.08. The first kappa shape index (κ1) is 13.3. The summed E-state index contributed by atoms with van der Waals surface area (Å²) in [5, 5.41) is 7.14. The average molecular weight is 280 g/mol. The first-order valence-corrected chi connectivity index (χ1v) is 6.77. The Hall–Kier alpha value is -2.69. The minimum Gasteiger partial charge on any atom is -0.365 e. The second-order valence-electron chi connectivity index (χ2n) is 4.89. The molecule has 0 unspecified atom stereocenters. The number of rotatable bonds is 4. The van der Waals surface area contributed by atoms with Crippen LogP contribution in [0.25, 0.3) is 11.5 Å². The van der Waals surface area contributed by atoms with Gasteiger partial charge in [-0.2, -0.15) is 4.98 Å². The van der Waals surface area contributed by atoms with E-state index in [1.807, 2.05) is 12.1 Å². The predicted octanol–water partition coefficient (Wildman–Crippen LogP) is 3.36. The topological polar surface area (TPSA) is 63.8 Å². The number of nitrogens with zero attached hydrogens (tertiary/aromatic N) is 3. The first-order chi connectivity index (χ1) is 10.2. The van der Waals surface area contributed by atoms with Gasteiger partial charge in [-0.15, -0.1) is 0 Å². The van der Waals surface area contributed by atoms with E-state index in [9.17, 15) is 0 Å². The molecule has 0 fully saturated rings. The zero-order chi connectivity index (χ0) is 14.7. The molecule has 3 rings (SSSR count). The molecular formula is C16H16N4O. The summed E-state index contributed by atoms with van der Waals surface area (Å²) < 4.78 is 5.22. The van der Waals surface area contributed by atoms with Crippen LogP contribution in [0.15, 0.2) is 47.1 Å². The normalized spacial score (nSPS) is 10.6. The summed E-state index contributed by atoms with van der Waals surface area (Å²) in [6.07, 6.45) is 1.74. The summed E-state index contributed by atoms with van der Waals surface area (Å²) in [5.41, 5.74) is 3.25. The van der Waals surface area contributed by atoms with Gasteiger partial charge in [0.1, 0.15) is 5.82 Å². The van der Waals surface area contributed by atoms with Crippen molar-refractivity contribution < 1.29 is 4.52 Å². The second kappa shape index (κ2) is 5.75. The van der Waals surface area contributed by atoms with E-state index >= 15 is 0 Å². The van der Waals surface area contributed by atoms with Crippen LogP contribution in [0.3, 0.4) is 0 Å². The van der Waals surface area contributed by atoms with Gasteiger partial charge in [0.25, 0.3) is 5.89 Å². The van der Waals surface area contributed by atoms with E-state index < -0.39 is 0 Å². The minimum atomic E-state index is 0.479. The number of hydrogen-bond acceptors (Lipinski definition) is 5. The Morgan fingerprint density at radius 2 is 1.90 bits per heavy atom. The molecule has 0 bridgehead atoms. The number of hydrogen-bond donors (Lipinski definition) is 1. The molecule has 0 saturated carbocycles. The lowest BCUT2D eigenvalue weighted by molar-refractivity contribution is 0.425. The Morgan fingerprint density at radius 1 is 1.10 bits per heavy atom. The molecule has 0 radical (unpaired) electrons. The fraction of sp³-hybridized carbons (Fsp3) is 0.188. The van der Waals surface area contributed by atoms with Gasteiger partial charge in [0.05, 0.1) is 5.56 Å². The lowest BCUT2D eigenvalue weighted by Crippen LogP contribution is -2.03. The van der Waals surface area contributed by atoms with Gasteiger partial charge in [0.15, 0.2) is 5.82 Å². The molecule has 106 valence electrons. The molecule has 3 aromatic rings. The molecule has 5 heteroatoms. The lowest BCUT2D eigenvalue weighted by atomic mass is 10.1. The number of benzene rings is 1. The molecule has 0 amide bonds. The van der Waals surface area contributed by atoms with Crippen molar-refractivity contribution in [2.75, 3.05) is 5.32 Å². The van der Waals surface area contributed by atoms with E-state index in [0.29, 0.717) is 18.3 Å². The largest absolute Gasteiger partial charge is 0.365 e. The van der Waals surface area contributed by atoms with Gasteiger partial charge in [0, 0.05) is 12.7 Å². The zero-order valence-corrected chi connectivity index (χ0v) is 12.0. The fourth-order valence-electron chi connectivity index (χ4n) is 2.02. The summed E-state index contributed by atoms with van der Waals surface area (Å²) in [6.45, 7) is 4.56. The standard InChI is InChI=1S/C16H16N4O/c1-11-5-7-13(8-6-11)10-18-15-14(4-3-9-17-15)16-19-12(2)20-21-16/h3-9H,10H2,1-2H3,(H,17,18). The summed E-state index contributed by atoms with van der Waals surface area (Å²) >= 11 is 0. The highest BCUT2D eigenvalue weighted by atomic mass is 16.5. The third-order valence-corrected chi connectivity index (χ3v) is 3.15. The van der Waals surface area contributed by atoms with Crippen LogP contribution in [-0.4, -0.2) is 15.1 Å². The summed E-state index contributed by atoms with van der Waals surface area (Å²) in [4.78, 5) is 8.61. The smallest absolute Gasteiger partial charge is 0.261 e. The Labute approximate surface area is 123 Å². The Balaban J connectivity index is 1.81. The maximum absolute atomic E-state index is 5.22. The molecule has 1 aromatic carbocycles. The van der Waals surface area contributed by atoms with Crippen molar-refractivity contribution >= 4 is 5.82 Å². The van der Waals surface area contributed by atoms with E-state index in [1.165, 1.54) is 11.1 Å². The van der Waals surface area contributed by atoms with Gasteiger partial charge in [-0.1, -0.05) is 35.0 Å². The van der Waals surface area contributed by atoms with Crippen molar-refractivity contribution in [2.24, 2.45) is 0 Å². The molecule has 0 spiro atoms. The van der Waals surface area contributed by atoms with E-state index in [2.05, 4.69) is 51.6 Å². The van der Waals surface area contributed by atoms with Crippen LogP contribution >= 0.6 is 0 Å². The number of aryl methyl sites for hydroxylation is 2. The average Bonchev–Trinajstić information content (AvgIpc) is 2.93. The molecule has 0 atom stereocenters. The second-order valence-corrected chi connectivity index (χ2v) is 4.89. The molecule has 0 saturated heterocycles. The van der Waals surface area contributed by atoms with Gasteiger partial charge in [-0.3, -0.25) is 0 Å². The van der Waals surface area contributed by atoms with Crippen LogP contribution < -0.4 is 5.32 Å². The molecular weight excluding hydrogens is 264 g/mol. The van der Waals surface area contributed by atoms with Crippen molar-refractivity contribution in [1.82, 2.24) is 15.1 Å². The maximum Gasteiger partial charge on any atom is 0.261 e. The summed E-state index contributed by atoms with van der Waals surface area (Å²) in [5.74, 6) is 1.83. The number of nitrogens with one attached hydrogen (secondary N) is 1. The van der Waals surface area contributed by atoms with Gasteiger partial charge < -0.3 is 9.84 Å². The molecule has 0 aliphatic rings. The molecule has 21 heavy (non-hydrogen) atoms. The molecule has 0 aliphatic heterocycles. The maximum atomic E-state index is 5.22. The van der Waals surface area contributed by atoms with Gasteiger partial charge in [0.2, 0.25) is 0 Å². The zero-order valence-electron chi connectivity index (χ0n) is 12.0. The highest BCUT2D eigenvalue weighted by molar-refractivity contribution is 5.68. The predicted molar refractivity (Wildman–Crippen MR) is 80.8 cm³/mol. The van der Waals surface area contributed by atoms with Crippen LogP contribution in [0.5, 0.6) is 0 Å². The lowest BCUT2D eigenvalue weighted by Gasteiger charge is -2.08. The quantitative estimate of drug-likeness (QED) is 0.794. The van der Waals surface area contributed by atoms with Crippen LogP contribution in [0, 0.1) is 13.8 Å². The molecule has 2 aromatic heterocycles. The molecule has 1 N–H and O–H groups in total. The first-order valence-electron chi connectivity index (χ1n) is 6.77. The minimum absolute atomic E-state index is 0.479.